The first-order chi connectivity index (χ1) is 8.00. The third-order valence-corrected chi connectivity index (χ3v) is 2.69. The number of carboxylic acid groups (broad SMARTS) is 1. The van der Waals surface area contributed by atoms with E-state index in [4.69, 9.17) is 5.11 Å². The highest BCUT2D eigenvalue weighted by molar-refractivity contribution is 5.73. The molecule has 0 saturated heterocycles. The van der Waals surface area contributed by atoms with Gasteiger partial charge in [-0.3, -0.25) is 9.78 Å². The third kappa shape index (κ3) is 4.53. The smallest absolute Gasteiger partial charge is 0.320 e. The van der Waals surface area contributed by atoms with Gasteiger partial charge in [0.05, 0.1) is 0 Å². The monoisotopic (exact) mass is 236 g/mol. The van der Waals surface area contributed by atoms with E-state index in [2.05, 4.69) is 10.3 Å². The number of hydrogen-bond donors (Lipinski definition) is 2. The first-order valence-electron chi connectivity index (χ1n) is 5.86. The average Bonchev–Trinajstić information content (AvgIpc) is 2.25. The zero-order valence-corrected chi connectivity index (χ0v) is 10.6. The number of aliphatic carboxylic acids is 1. The van der Waals surface area contributed by atoms with Crippen molar-refractivity contribution in [2.75, 3.05) is 0 Å². The summed E-state index contributed by atoms with van der Waals surface area (Å²) in [5, 5.41) is 12.2. The predicted molar refractivity (Wildman–Crippen MR) is 66.7 cm³/mol. The van der Waals surface area contributed by atoms with E-state index in [1.807, 2.05) is 26.8 Å². The van der Waals surface area contributed by atoms with E-state index in [0.717, 1.165) is 11.1 Å². The zero-order valence-electron chi connectivity index (χ0n) is 10.6. The van der Waals surface area contributed by atoms with Crippen molar-refractivity contribution in [3.05, 3.63) is 29.6 Å². The molecule has 94 valence electrons. The van der Waals surface area contributed by atoms with E-state index in [1.54, 1.807) is 12.4 Å². The van der Waals surface area contributed by atoms with Crippen molar-refractivity contribution in [2.24, 2.45) is 5.92 Å². The second kappa shape index (κ2) is 6.35. The molecule has 0 aliphatic heterocycles. The largest absolute Gasteiger partial charge is 0.480 e. The number of hydrogen-bond acceptors (Lipinski definition) is 3. The van der Waals surface area contributed by atoms with Gasteiger partial charge >= 0.3 is 5.97 Å². The zero-order chi connectivity index (χ0) is 12.8. The lowest BCUT2D eigenvalue weighted by atomic mass is 10.0. The topological polar surface area (TPSA) is 62.2 Å². The lowest BCUT2D eigenvalue weighted by Gasteiger charge is -2.17. The lowest BCUT2D eigenvalue weighted by Crippen LogP contribution is -2.37. The summed E-state index contributed by atoms with van der Waals surface area (Å²) >= 11 is 0. The molecular weight excluding hydrogens is 216 g/mol. The van der Waals surface area contributed by atoms with Crippen molar-refractivity contribution in [3.63, 3.8) is 0 Å². The Balaban J connectivity index is 2.58. The molecule has 2 N–H and O–H groups in total. The molecule has 1 rings (SSSR count). The summed E-state index contributed by atoms with van der Waals surface area (Å²) in [5.41, 5.74) is 2.17. The Bertz CT molecular complexity index is 377. The Hall–Kier alpha value is -1.42. The molecule has 0 radical (unpaired) electrons. The van der Waals surface area contributed by atoms with Crippen molar-refractivity contribution in [3.8, 4) is 0 Å². The summed E-state index contributed by atoms with van der Waals surface area (Å²) in [4.78, 5) is 15.1. The molecule has 17 heavy (non-hydrogen) atoms. The van der Waals surface area contributed by atoms with Gasteiger partial charge in [-0.25, -0.2) is 0 Å². The van der Waals surface area contributed by atoms with Crippen LogP contribution in [0.5, 0.6) is 0 Å². The van der Waals surface area contributed by atoms with Crippen molar-refractivity contribution >= 4 is 5.97 Å². The molecule has 0 aliphatic rings. The van der Waals surface area contributed by atoms with Crippen LogP contribution < -0.4 is 5.32 Å². The fourth-order valence-electron chi connectivity index (χ4n) is 1.66. The van der Waals surface area contributed by atoms with Gasteiger partial charge in [0, 0.05) is 18.9 Å². The maximum atomic E-state index is 11.1. The van der Waals surface area contributed by atoms with Crippen LogP contribution in [0.4, 0.5) is 0 Å². The fraction of sp³-hybridized carbons (Fsp3) is 0.538. The Morgan fingerprint density at radius 2 is 2.24 bits per heavy atom. The Morgan fingerprint density at radius 3 is 2.76 bits per heavy atom. The minimum Gasteiger partial charge on any atom is -0.480 e. The minimum absolute atomic E-state index is 0.360. The van der Waals surface area contributed by atoms with E-state index in [0.29, 0.717) is 18.9 Å². The summed E-state index contributed by atoms with van der Waals surface area (Å²) in [6, 6.07) is 1.43. The molecule has 0 aliphatic carbocycles. The maximum Gasteiger partial charge on any atom is 0.320 e. The van der Waals surface area contributed by atoms with Crippen molar-refractivity contribution in [1.82, 2.24) is 10.3 Å². The number of carbonyl (C=O) groups is 1. The van der Waals surface area contributed by atoms with E-state index in [9.17, 15) is 4.79 Å². The number of carboxylic acids is 1. The van der Waals surface area contributed by atoms with Crippen LogP contribution in [0.15, 0.2) is 18.5 Å². The highest BCUT2D eigenvalue weighted by atomic mass is 16.4. The number of pyridine rings is 1. The van der Waals surface area contributed by atoms with Gasteiger partial charge < -0.3 is 10.4 Å². The molecule has 0 bridgehead atoms. The summed E-state index contributed by atoms with van der Waals surface area (Å²) in [6.07, 6.45) is 4.15. The van der Waals surface area contributed by atoms with Crippen LogP contribution in [0.25, 0.3) is 0 Å². The number of rotatable bonds is 6. The predicted octanol–water partition coefficient (Wildman–Crippen LogP) is 1.98. The van der Waals surface area contributed by atoms with Crippen molar-refractivity contribution in [1.29, 1.82) is 0 Å². The van der Waals surface area contributed by atoms with E-state index < -0.39 is 12.0 Å². The molecular formula is C13H20N2O2. The second-order valence-corrected chi connectivity index (χ2v) is 4.70. The number of nitrogens with zero attached hydrogens (tertiary/aromatic N) is 1. The molecule has 1 aromatic heterocycles. The van der Waals surface area contributed by atoms with Gasteiger partial charge in [-0.15, -0.1) is 0 Å². The van der Waals surface area contributed by atoms with Gasteiger partial charge in [-0.05, 0) is 36.5 Å². The summed E-state index contributed by atoms with van der Waals surface area (Å²) < 4.78 is 0. The minimum atomic E-state index is -0.791. The fourth-order valence-corrected chi connectivity index (χ4v) is 1.66. The molecule has 0 fully saturated rings. The molecule has 1 unspecified atom stereocenters. The van der Waals surface area contributed by atoms with Crippen LogP contribution in [0.2, 0.25) is 0 Å². The van der Waals surface area contributed by atoms with Crippen LogP contribution in [0.3, 0.4) is 0 Å². The van der Waals surface area contributed by atoms with Crippen LogP contribution in [0, 0.1) is 12.8 Å². The van der Waals surface area contributed by atoms with Crippen molar-refractivity contribution < 1.29 is 9.90 Å². The van der Waals surface area contributed by atoms with Gasteiger partial charge in [0.1, 0.15) is 6.04 Å². The highest BCUT2D eigenvalue weighted by Crippen LogP contribution is 2.08. The number of aromatic nitrogens is 1. The first-order valence-corrected chi connectivity index (χ1v) is 5.86. The number of nitrogens with one attached hydrogen (secondary N) is 1. The second-order valence-electron chi connectivity index (χ2n) is 4.70. The molecule has 1 atom stereocenters. The summed E-state index contributed by atoms with van der Waals surface area (Å²) in [6.45, 7) is 6.58. The molecule has 0 saturated carbocycles. The quantitative estimate of drug-likeness (QED) is 0.792. The average molecular weight is 236 g/mol. The maximum absolute atomic E-state index is 11.1. The van der Waals surface area contributed by atoms with Gasteiger partial charge in [0.25, 0.3) is 0 Å². The van der Waals surface area contributed by atoms with E-state index in [1.165, 1.54) is 0 Å². The Morgan fingerprint density at radius 1 is 1.53 bits per heavy atom. The normalized spacial score (nSPS) is 12.7. The number of aryl methyl sites for hydroxylation is 1. The van der Waals surface area contributed by atoms with E-state index in [-0.39, 0.29) is 0 Å². The van der Waals surface area contributed by atoms with Crippen LogP contribution in [0.1, 0.15) is 31.4 Å². The SMILES string of the molecule is Cc1ccncc1CNC(CC(C)C)C(=O)O. The van der Waals surface area contributed by atoms with E-state index >= 15 is 0 Å². The standard InChI is InChI=1S/C13H20N2O2/c1-9(2)6-12(13(16)17)15-8-11-7-14-5-4-10(11)3/h4-5,7,9,12,15H,6,8H2,1-3H3,(H,16,17). The van der Waals surface area contributed by atoms with Crippen molar-refractivity contribution in [2.45, 2.75) is 39.8 Å². The van der Waals surface area contributed by atoms with Crippen LogP contribution >= 0.6 is 0 Å². The van der Waals surface area contributed by atoms with Gasteiger partial charge in [0.2, 0.25) is 0 Å². The lowest BCUT2D eigenvalue weighted by molar-refractivity contribution is -0.140. The van der Waals surface area contributed by atoms with Gasteiger partial charge in [-0.1, -0.05) is 13.8 Å². The third-order valence-electron chi connectivity index (χ3n) is 2.69. The summed E-state index contributed by atoms with van der Waals surface area (Å²) in [5.74, 6) is -0.432. The molecule has 4 nitrogen and oxygen atoms in total. The molecule has 0 aromatic carbocycles. The van der Waals surface area contributed by atoms with Crippen LogP contribution in [-0.4, -0.2) is 22.1 Å². The van der Waals surface area contributed by atoms with Gasteiger partial charge in [0.15, 0.2) is 0 Å². The molecule has 1 heterocycles. The van der Waals surface area contributed by atoms with Gasteiger partial charge in [-0.2, -0.15) is 0 Å². The molecule has 4 heteroatoms. The first kappa shape index (κ1) is 13.6. The molecule has 1 aromatic rings. The summed E-state index contributed by atoms with van der Waals surface area (Å²) in [7, 11) is 0. The molecule has 0 amide bonds. The highest BCUT2D eigenvalue weighted by Gasteiger charge is 2.18. The Labute approximate surface area is 102 Å². The molecule has 0 spiro atoms. The van der Waals surface area contributed by atoms with Crippen LogP contribution in [-0.2, 0) is 11.3 Å². The Kier molecular flexibility index (Phi) is 5.10.